The highest BCUT2D eigenvalue weighted by atomic mass is 35.5. The largest absolute Gasteiger partial charge is 0.405 e. The first-order chi connectivity index (χ1) is 9.94. The number of nitrogens with zero attached hydrogens (tertiary/aromatic N) is 2. The molecule has 0 radical (unpaired) electrons. The second-order valence-electron chi connectivity index (χ2n) is 4.83. The van der Waals surface area contributed by atoms with Gasteiger partial charge in [-0.15, -0.1) is 11.6 Å². The molecule has 2 nitrogen and oxygen atoms in total. The molecular formula is C15H16ClF3N2. The number of hydrogen-bond acceptors (Lipinski definition) is 2. The van der Waals surface area contributed by atoms with Gasteiger partial charge in [-0.25, -0.2) is 4.98 Å². The molecule has 0 saturated heterocycles. The quantitative estimate of drug-likeness (QED) is 0.740. The Morgan fingerprint density at radius 1 is 1.24 bits per heavy atom. The van der Waals surface area contributed by atoms with Crippen molar-refractivity contribution in [1.29, 1.82) is 0 Å². The second-order valence-corrected chi connectivity index (χ2v) is 5.10. The van der Waals surface area contributed by atoms with Crippen LogP contribution in [0.3, 0.4) is 0 Å². The Labute approximate surface area is 126 Å². The zero-order valence-electron chi connectivity index (χ0n) is 11.6. The van der Waals surface area contributed by atoms with Crippen LogP contribution >= 0.6 is 11.6 Å². The van der Waals surface area contributed by atoms with Gasteiger partial charge in [0.1, 0.15) is 12.4 Å². The summed E-state index contributed by atoms with van der Waals surface area (Å²) < 4.78 is 38.4. The second kappa shape index (κ2) is 6.52. The van der Waals surface area contributed by atoms with E-state index in [9.17, 15) is 13.2 Å². The number of pyridine rings is 1. The van der Waals surface area contributed by atoms with Crippen LogP contribution in [0.2, 0.25) is 0 Å². The minimum Gasteiger partial charge on any atom is -0.347 e. The van der Waals surface area contributed by atoms with E-state index in [4.69, 9.17) is 11.6 Å². The summed E-state index contributed by atoms with van der Waals surface area (Å²) in [5.41, 5.74) is 0.577. The Balaban J connectivity index is 2.54. The lowest BCUT2D eigenvalue weighted by Crippen LogP contribution is -2.35. The average Bonchev–Trinajstić information content (AvgIpc) is 2.44. The van der Waals surface area contributed by atoms with E-state index in [0.717, 1.165) is 5.39 Å². The molecular weight excluding hydrogens is 301 g/mol. The molecule has 0 spiro atoms. The number of benzene rings is 1. The van der Waals surface area contributed by atoms with E-state index in [0.29, 0.717) is 29.9 Å². The Morgan fingerprint density at radius 3 is 2.57 bits per heavy atom. The van der Waals surface area contributed by atoms with Crippen LogP contribution in [0, 0.1) is 0 Å². The summed E-state index contributed by atoms with van der Waals surface area (Å²) in [6.45, 7) is 1.13. The van der Waals surface area contributed by atoms with Crippen LogP contribution < -0.4 is 4.90 Å². The van der Waals surface area contributed by atoms with Crippen LogP contribution in [0.15, 0.2) is 30.3 Å². The van der Waals surface area contributed by atoms with Crippen LogP contribution in [-0.2, 0) is 5.88 Å². The maximum atomic E-state index is 12.8. The molecule has 0 bridgehead atoms. The lowest BCUT2D eigenvalue weighted by atomic mass is 10.1. The molecule has 1 heterocycles. The highest BCUT2D eigenvalue weighted by molar-refractivity contribution is 6.17. The van der Waals surface area contributed by atoms with Gasteiger partial charge in [-0.3, -0.25) is 0 Å². The van der Waals surface area contributed by atoms with Gasteiger partial charge in [0, 0.05) is 11.9 Å². The van der Waals surface area contributed by atoms with E-state index >= 15 is 0 Å². The van der Waals surface area contributed by atoms with Crippen LogP contribution in [-0.4, -0.2) is 24.2 Å². The minimum absolute atomic E-state index is 0.170. The van der Waals surface area contributed by atoms with Crippen molar-refractivity contribution < 1.29 is 13.2 Å². The molecule has 1 aromatic carbocycles. The van der Waals surface area contributed by atoms with Gasteiger partial charge in [-0.05, 0) is 17.9 Å². The summed E-state index contributed by atoms with van der Waals surface area (Å²) in [5.74, 6) is 0.520. The van der Waals surface area contributed by atoms with Crippen LogP contribution in [0.5, 0.6) is 0 Å². The minimum atomic E-state index is -4.27. The normalized spacial score (nSPS) is 11.9. The monoisotopic (exact) mass is 316 g/mol. The molecule has 0 aliphatic carbocycles. The maximum Gasteiger partial charge on any atom is 0.405 e. The number of fused-ring (bicyclic) bond motifs is 1. The first-order valence-electron chi connectivity index (χ1n) is 6.71. The Morgan fingerprint density at radius 2 is 1.95 bits per heavy atom. The van der Waals surface area contributed by atoms with Crippen molar-refractivity contribution in [2.45, 2.75) is 25.4 Å². The van der Waals surface area contributed by atoms with Crippen molar-refractivity contribution in [1.82, 2.24) is 4.98 Å². The van der Waals surface area contributed by atoms with E-state index < -0.39 is 12.7 Å². The summed E-state index contributed by atoms with van der Waals surface area (Å²) in [4.78, 5) is 5.59. The van der Waals surface area contributed by atoms with Gasteiger partial charge in [0.05, 0.1) is 11.6 Å². The molecule has 0 N–H and O–H groups in total. The molecule has 114 valence electrons. The molecule has 1 aromatic heterocycles. The van der Waals surface area contributed by atoms with Gasteiger partial charge in [-0.1, -0.05) is 31.2 Å². The standard InChI is InChI=1S/C15H16ClF3N2/c1-2-7-21(10-15(17,18)19)14-13-6-4-3-5-11(13)8-12(9-16)20-14/h3-6,8H,2,7,9-10H2,1H3. The molecule has 0 saturated carbocycles. The smallest absolute Gasteiger partial charge is 0.347 e. The fourth-order valence-electron chi connectivity index (χ4n) is 2.29. The summed E-state index contributed by atoms with van der Waals surface area (Å²) in [6.07, 6.45) is -3.66. The molecule has 0 amide bonds. The SMILES string of the molecule is CCCN(CC(F)(F)F)c1nc(CCl)cc2ccccc12. The molecule has 2 aromatic rings. The summed E-state index contributed by atoms with van der Waals surface area (Å²) in [6, 6.07) is 9.09. The fraction of sp³-hybridized carbons (Fsp3) is 0.400. The van der Waals surface area contributed by atoms with Crippen molar-refractivity contribution in [2.75, 3.05) is 18.0 Å². The first kappa shape index (κ1) is 15.9. The van der Waals surface area contributed by atoms with Crippen molar-refractivity contribution in [3.8, 4) is 0 Å². The number of rotatable bonds is 5. The molecule has 6 heteroatoms. The van der Waals surface area contributed by atoms with Crippen molar-refractivity contribution in [3.63, 3.8) is 0 Å². The van der Waals surface area contributed by atoms with E-state index in [1.54, 1.807) is 12.1 Å². The highest BCUT2D eigenvalue weighted by Gasteiger charge is 2.31. The number of anilines is 1. The summed E-state index contributed by atoms with van der Waals surface area (Å²) in [5, 5.41) is 1.56. The van der Waals surface area contributed by atoms with Gasteiger partial charge in [0.15, 0.2) is 0 Å². The van der Waals surface area contributed by atoms with E-state index in [2.05, 4.69) is 4.98 Å². The lowest BCUT2D eigenvalue weighted by Gasteiger charge is -2.26. The van der Waals surface area contributed by atoms with Gasteiger partial charge in [0.25, 0.3) is 0 Å². The van der Waals surface area contributed by atoms with Gasteiger partial charge >= 0.3 is 6.18 Å². The molecule has 0 fully saturated rings. The number of halogens is 4. The zero-order chi connectivity index (χ0) is 15.5. The zero-order valence-corrected chi connectivity index (χ0v) is 12.4. The fourth-order valence-corrected chi connectivity index (χ4v) is 2.43. The molecule has 0 aliphatic heterocycles. The van der Waals surface area contributed by atoms with Crippen molar-refractivity contribution >= 4 is 28.2 Å². The Hall–Kier alpha value is -1.49. The van der Waals surface area contributed by atoms with E-state index in [-0.39, 0.29) is 5.88 Å². The average molecular weight is 317 g/mol. The van der Waals surface area contributed by atoms with Crippen LogP contribution in [0.25, 0.3) is 10.8 Å². The molecule has 0 unspecified atom stereocenters. The third kappa shape index (κ3) is 4.00. The van der Waals surface area contributed by atoms with Crippen molar-refractivity contribution in [2.24, 2.45) is 0 Å². The van der Waals surface area contributed by atoms with Crippen molar-refractivity contribution in [3.05, 3.63) is 36.0 Å². The predicted molar refractivity (Wildman–Crippen MR) is 79.9 cm³/mol. The lowest BCUT2D eigenvalue weighted by molar-refractivity contribution is -0.119. The summed E-state index contributed by atoms with van der Waals surface area (Å²) >= 11 is 5.81. The molecule has 2 rings (SSSR count). The van der Waals surface area contributed by atoms with Gasteiger partial charge in [0.2, 0.25) is 0 Å². The topological polar surface area (TPSA) is 16.1 Å². The van der Waals surface area contributed by atoms with Gasteiger partial charge in [-0.2, -0.15) is 13.2 Å². The molecule has 0 atom stereocenters. The molecule has 21 heavy (non-hydrogen) atoms. The number of hydrogen-bond donors (Lipinski definition) is 0. The maximum absolute atomic E-state index is 12.8. The third-order valence-corrected chi connectivity index (χ3v) is 3.35. The summed E-state index contributed by atoms with van der Waals surface area (Å²) in [7, 11) is 0. The highest BCUT2D eigenvalue weighted by Crippen LogP contribution is 2.29. The van der Waals surface area contributed by atoms with Gasteiger partial charge < -0.3 is 4.90 Å². The number of alkyl halides is 4. The Bertz CT molecular complexity index is 613. The first-order valence-corrected chi connectivity index (χ1v) is 7.24. The number of aromatic nitrogens is 1. The molecule has 0 aliphatic rings. The Kier molecular flexibility index (Phi) is 4.93. The van der Waals surface area contributed by atoms with E-state index in [1.165, 1.54) is 4.90 Å². The van der Waals surface area contributed by atoms with E-state index in [1.807, 2.05) is 25.1 Å². The predicted octanol–water partition coefficient (Wildman–Crippen LogP) is 4.75. The third-order valence-electron chi connectivity index (χ3n) is 3.07. The van der Waals surface area contributed by atoms with Crippen LogP contribution in [0.1, 0.15) is 19.0 Å². The van der Waals surface area contributed by atoms with Crippen LogP contribution in [0.4, 0.5) is 19.0 Å².